The first-order valence-corrected chi connectivity index (χ1v) is 12.2. The lowest BCUT2D eigenvalue weighted by Gasteiger charge is -2.34. The van der Waals surface area contributed by atoms with Crippen LogP contribution in [0.5, 0.6) is 0 Å². The van der Waals surface area contributed by atoms with Gasteiger partial charge in [0.25, 0.3) is 0 Å². The number of nitrogens with zero attached hydrogens (tertiary/aromatic N) is 5. The van der Waals surface area contributed by atoms with E-state index < -0.39 is 0 Å². The molecule has 3 heterocycles. The number of carbonyl (C=O) groups excluding carboxylic acids is 1. The summed E-state index contributed by atoms with van der Waals surface area (Å²) in [5, 5.41) is 3.61. The smallest absolute Gasteiger partial charge is 0.321 e. The van der Waals surface area contributed by atoms with Gasteiger partial charge in [-0.2, -0.15) is 0 Å². The Morgan fingerprint density at radius 2 is 1.74 bits per heavy atom. The summed E-state index contributed by atoms with van der Waals surface area (Å²) in [6.45, 7) is 9.68. The fourth-order valence-electron chi connectivity index (χ4n) is 4.60. The summed E-state index contributed by atoms with van der Waals surface area (Å²) in [5.74, 6) is 0.955. The van der Waals surface area contributed by atoms with Gasteiger partial charge in [0.1, 0.15) is 11.3 Å². The molecule has 0 atom stereocenters. The summed E-state index contributed by atoms with van der Waals surface area (Å²) < 4.78 is 2.16. The molecule has 0 unspecified atom stereocenters. The number of hydrogen-bond donors (Lipinski definition) is 1. The topological polar surface area (TPSA) is 66.3 Å². The molecule has 2 amide bonds. The number of anilines is 1. The number of fused-ring (bicyclic) bond motifs is 1. The Kier molecular flexibility index (Phi) is 6.45. The number of benzene rings is 2. The van der Waals surface area contributed by atoms with E-state index in [0.717, 1.165) is 41.3 Å². The zero-order valence-electron chi connectivity index (χ0n) is 20.3. The van der Waals surface area contributed by atoms with E-state index in [1.807, 2.05) is 42.3 Å². The zero-order valence-corrected chi connectivity index (χ0v) is 21.0. The van der Waals surface area contributed by atoms with E-state index in [0.29, 0.717) is 30.3 Å². The summed E-state index contributed by atoms with van der Waals surface area (Å²) in [7, 11) is 0. The zero-order chi connectivity index (χ0) is 24.5. The van der Waals surface area contributed by atoms with E-state index in [-0.39, 0.29) is 6.03 Å². The Labute approximate surface area is 210 Å². The van der Waals surface area contributed by atoms with Gasteiger partial charge in [-0.3, -0.25) is 9.47 Å². The van der Waals surface area contributed by atoms with E-state index in [2.05, 4.69) is 51.8 Å². The Morgan fingerprint density at radius 3 is 2.46 bits per heavy atom. The van der Waals surface area contributed by atoms with Gasteiger partial charge in [-0.05, 0) is 73.9 Å². The molecule has 1 saturated heterocycles. The molecular formula is C27H29ClN6O. The third kappa shape index (κ3) is 5.01. The number of imidazole rings is 1. The average Bonchev–Trinajstić information content (AvgIpc) is 3.19. The molecule has 2 aromatic carbocycles. The van der Waals surface area contributed by atoms with Crippen molar-refractivity contribution in [1.29, 1.82) is 0 Å². The maximum absolute atomic E-state index is 12.8. The van der Waals surface area contributed by atoms with Gasteiger partial charge in [-0.1, -0.05) is 23.7 Å². The van der Waals surface area contributed by atoms with Crippen molar-refractivity contribution in [3.05, 3.63) is 82.3 Å². The first kappa shape index (κ1) is 23.3. The Bertz CT molecular complexity index is 1370. The van der Waals surface area contributed by atoms with E-state index in [4.69, 9.17) is 16.6 Å². The second-order valence-corrected chi connectivity index (χ2v) is 9.62. The van der Waals surface area contributed by atoms with E-state index in [1.54, 1.807) is 6.07 Å². The number of rotatable bonds is 4. The Balaban J connectivity index is 1.30. The molecule has 7 nitrogen and oxygen atoms in total. The lowest BCUT2D eigenvalue weighted by molar-refractivity contribution is 0.140. The van der Waals surface area contributed by atoms with E-state index >= 15 is 0 Å². The van der Waals surface area contributed by atoms with Crippen molar-refractivity contribution >= 4 is 34.5 Å². The van der Waals surface area contributed by atoms with Crippen molar-refractivity contribution < 1.29 is 4.79 Å². The van der Waals surface area contributed by atoms with Crippen LogP contribution in [0.25, 0.3) is 16.9 Å². The maximum Gasteiger partial charge on any atom is 0.321 e. The van der Waals surface area contributed by atoms with Crippen LogP contribution in [0.4, 0.5) is 10.5 Å². The fourth-order valence-corrected chi connectivity index (χ4v) is 4.78. The molecule has 0 spiro atoms. The molecule has 1 fully saturated rings. The number of nitrogens with one attached hydrogen (secondary N) is 1. The lowest BCUT2D eigenvalue weighted by Crippen LogP contribution is -2.49. The molecule has 0 aliphatic carbocycles. The molecule has 180 valence electrons. The number of pyridine rings is 1. The number of aryl methyl sites for hydroxylation is 3. The summed E-state index contributed by atoms with van der Waals surface area (Å²) in [6.07, 6.45) is 1.81. The first-order valence-electron chi connectivity index (χ1n) is 11.8. The van der Waals surface area contributed by atoms with Gasteiger partial charge >= 0.3 is 6.03 Å². The Morgan fingerprint density at radius 1 is 1.00 bits per heavy atom. The van der Waals surface area contributed by atoms with Crippen molar-refractivity contribution in [1.82, 2.24) is 24.3 Å². The third-order valence-electron chi connectivity index (χ3n) is 6.40. The van der Waals surface area contributed by atoms with Crippen LogP contribution in [0.2, 0.25) is 5.02 Å². The van der Waals surface area contributed by atoms with E-state index in [9.17, 15) is 4.79 Å². The first-order chi connectivity index (χ1) is 16.9. The molecule has 5 rings (SSSR count). The van der Waals surface area contributed by atoms with Crippen molar-refractivity contribution in [2.45, 2.75) is 27.3 Å². The number of halogens is 1. The molecule has 0 radical (unpaired) electrons. The van der Waals surface area contributed by atoms with Crippen LogP contribution in [-0.2, 0) is 6.54 Å². The molecule has 2 aromatic heterocycles. The third-order valence-corrected chi connectivity index (χ3v) is 6.80. The number of urea groups is 1. The normalized spacial score (nSPS) is 14.5. The summed E-state index contributed by atoms with van der Waals surface area (Å²) in [6, 6.07) is 15.9. The van der Waals surface area contributed by atoms with Crippen LogP contribution >= 0.6 is 11.6 Å². The molecule has 4 aromatic rings. The molecule has 0 bridgehead atoms. The lowest BCUT2D eigenvalue weighted by atomic mass is 10.1. The highest BCUT2D eigenvalue weighted by Crippen LogP contribution is 2.24. The van der Waals surface area contributed by atoms with Gasteiger partial charge in [0.2, 0.25) is 0 Å². The number of hydrogen-bond acceptors (Lipinski definition) is 4. The number of carbonyl (C=O) groups is 1. The van der Waals surface area contributed by atoms with Crippen LogP contribution in [0.3, 0.4) is 0 Å². The van der Waals surface area contributed by atoms with Gasteiger partial charge in [0.05, 0.1) is 6.54 Å². The predicted molar refractivity (Wildman–Crippen MR) is 140 cm³/mol. The summed E-state index contributed by atoms with van der Waals surface area (Å²) in [4.78, 5) is 26.5. The molecule has 1 aliphatic heterocycles. The number of amides is 2. The monoisotopic (exact) mass is 488 g/mol. The highest BCUT2D eigenvalue weighted by atomic mass is 35.5. The second kappa shape index (κ2) is 9.68. The van der Waals surface area contributed by atoms with Gasteiger partial charge in [0, 0.05) is 48.8 Å². The second-order valence-electron chi connectivity index (χ2n) is 9.21. The number of aromatic nitrogens is 3. The number of piperazine rings is 1. The standard InChI is InChI=1S/C27H29ClN6O/c1-18-13-19(2)15-22(14-18)34-25(31-24-5-4-8-29-26(24)34)17-32-9-11-33(12-10-32)27(35)30-21-7-6-20(3)23(28)16-21/h4-8,13-16H,9-12,17H2,1-3H3,(H,30,35). The van der Waals surface area contributed by atoms with Gasteiger partial charge in [-0.15, -0.1) is 0 Å². The van der Waals surface area contributed by atoms with Crippen LogP contribution in [0, 0.1) is 20.8 Å². The van der Waals surface area contributed by atoms with Crippen molar-refractivity contribution in [3.63, 3.8) is 0 Å². The predicted octanol–water partition coefficient (Wildman–Crippen LogP) is 5.35. The summed E-state index contributed by atoms with van der Waals surface area (Å²) >= 11 is 6.20. The largest absolute Gasteiger partial charge is 0.322 e. The molecule has 35 heavy (non-hydrogen) atoms. The Hall–Kier alpha value is -3.42. The molecule has 8 heteroatoms. The van der Waals surface area contributed by atoms with Gasteiger partial charge in [-0.25, -0.2) is 14.8 Å². The highest BCUT2D eigenvalue weighted by Gasteiger charge is 2.24. The minimum atomic E-state index is -0.101. The summed E-state index contributed by atoms with van der Waals surface area (Å²) in [5.41, 5.74) is 6.94. The average molecular weight is 489 g/mol. The van der Waals surface area contributed by atoms with Crippen molar-refractivity contribution in [3.8, 4) is 5.69 Å². The van der Waals surface area contributed by atoms with Crippen LogP contribution in [0.1, 0.15) is 22.5 Å². The highest BCUT2D eigenvalue weighted by molar-refractivity contribution is 6.31. The van der Waals surface area contributed by atoms with Crippen molar-refractivity contribution in [2.24, 2.45) is 0 Å². The molecule has 1 aliphatic rings. The van der Waals surface area contributed by atoms with Crippen LogP contribution < -0.4 is 5.32 Å². The maximum atomic E-state index is 12.8. The SMILES string of the molecule is Cc1cc(C)cc(-n2c(CN3CCN(C(=O)Nc4ccc(C)c(Cl)c4)CC3)nc3cccnc32)c1. The fraction of sp³-hybridized carbons (Fsp3) is 0.296. The molecule has 1 N–H and O–H groups in total. The van der Waals surface area contributed by atoms with Crippen LogP contribution in [-0.4, -0.2) is 56.5 Å². The minimum absolute atomic E-state index is 0.101. The van der Waals surface area contributed by atoms with Crippen molar-refractivity contribution in [2.75, 3.05) is 31.5 Å². The minimum Gasteiger partial charge on any atom is -0.322 e. The quantitative estimate of drug-likeness (QED) is 0.420. The van der Waals surface area contributed by atoms with E-state index in [1.165, 1.54) is 11.1 Å². The van der Waals surface area contributed by atoms with Gasteiger partial charge in [0.15, 0.2) is 5.65 Å². The van der Waals surface area contributed by atoms with Gasteiger partial charge < -0.3 is 10.2 Å². The molecular weight excluding hydrogens is 460 g/mol. The van der Waals surface area contributed by atoms with Crippen LogP contribution in [0.15, 0.2) is 54.7 Å². The molecule has 0 saturated carbocycles.